The number of hydrogen-bond donors (Lipinski definition) is 3. The number of carbonyl (C=O) groups is 1. The van der Waals surface area contributed by atoms with Gasteiger partial charge in [0.05, 0.1) is 11.9 Å². The molecule has 0 unspecified atom stereocenters. The zero-order chi connectivity index (χ0) is 18.4. The number of rotatable bonds is 3. The fraction of sp³-hybridized carbons (Fsp3) is 0.278. The molecule has 0 radical (unpaired) electrons. The van der Waals surface area contributed by atoms with Gasteiger partial charge < -0.3 is 15.2 Å². The molecule has 1 aromatic carbocycles. The fourth-order valence-electron chi connectivity index (χ4n) is 2.73. The normalized spacial score (nSPS) is 11.8. The first-order valence-corrected chi connectivity index (χ1v) is 7.82. The van der Waals surface area contributed by atoms with Gasteiger partial charge in [-0.2, -0.15) is 5.10 Å². The Morgan fingerprint density at radius 2 is 1.88 bits per heavy atom. The van der Waals surface area contributed by atoms with Crippen molar-refractivity contribution in [1.82, 2.24) is 14.8 Å². The largest absolute Gasteiger partial charge is 0.507 e. The fourth-order valence-corrected chi connectivity index (χ4v) is 2.73. The Kier molecular flexibility index (Phi) is 3.87. The molecule has 3 aromatic rings. The molecule has 7 nitrogen and oxygen atoms in total. The molecule has 0 aliphatic heterocycles. The number of nitrogens with one attached hydrogen (secondary N) is 1. The van der Waals surface area contributed by atoms with Gasteiger partial charge in [0.1, 0.15) is 11.4 Å². The minimum atomic E-state index is -1.27. The molecule has 0 bridgehead atoms. The van der Waals surface area contributed by atoms with Crippen LogP contribution in [0.3, 0.4) is 0 Å². The van der Waals surface area contributed by atoms with Gasteiger partial charge in [-0.1, -0.05) is 45.0 Å². The third-order valence-corrected chi connectivity index (χ3v) is 4.07. The average molecular weight is 341 g/mol. The Morgan fingerprint density at radius 1 is 1.24 bits per heavy atom. The van der Waals surface area contributed by atoms with Gasteiger partial charge >= 0.3 is 5.97 Å². The minimum Gasteiger partial charge on any atom is -0.507 e. The van der Waals surface area contributed by atoms with Crippen molar-refractivity contribution in [3.8, 4) is 5.75 Å². The number of hydrogen-bond acceptors (Lipinski definition) is 4. The smallest absolute Gasteiger partial charge is 0.357 e. The van der Waals surface area contributed by atoms with Crippen LogP contribution in [0.2, 0.25) is 0 Å². The number of aromatic amines is 1. The SMILES string of the molecule is CC(C)(C)c1ccc(Cn2nc(C(=O)O)c3c(O)cc(=O)[nH]c32)cc1. The molecule has 0 aliphatic carbocycles. The highest BCUT2D eigenvalue weighted by molar-refractivity contribution is 6.02. The second-order valence-electron chi connectivity index (χ2n) is 7.00. The van der Waals surface area contributed by atoms with E-state index in [9.17, 15) is 19.8 Å². The molecule has 0 aliphatic rings. The molecule has 0 fully saturated rings. The van der Waals surface area contributed by atoms with Crippen LogP contribution in [0.4, 0.5) is 0 Å². The zero-order valence-electron chi connectivity index (χ0n) is 14.2. The van der Waals surface area contributed by atoms with Crippen molar-refractivity contribution in [3.63, 3.8) is 0 Å². The van der Waals surface area contributed by atoms with E-state index in [0.717, 1.165) is 11.6 Å². The molecule has 3 rings (SSSR count). The number of aromatic hydroxyl groups is 1. The van der Waals surface area contributed by atoms with Gasteiger partial charge in [0.2, 0.25) is 0 Å². The molecule has 0 saturated carbocycles. The first-order valence-electron chi connectivity index (χ1n) is 7.82. The summed E-state index contributed by atoms with van der Waals surface area (Å²) in [6.45, 7) is 6.63. The van der Waals surface area contributed by atoms with Gasteiger partial charge in [-0.05, 0) is 16.5 Å². The van der Waals surface area contributed by atoms with E-state index in [0.29, 0.717) is 0 Å². The number of aromatic carboxylic acids is 1. The quantitative estimate of drug-likeness (QED) is 0.678. The lowest BCUT2D eigenvalue weighted by Crippen LogP contribution is -2.11. The molecule has 25 heavy (non-hydrogen) atoms. The predicted octanol–water partition coefficient (Wildman–Crippen LogP) is 2.47. The number of benzene rings is 1. The van der Waals surface area contributed by atoms with Crippen LogP contribution >= 0.6 is 0 Å². The van der Waals surface area contributed by atoms with Crippen LogP contribution in [0, 0.1) is 0 Å². The number of carboxylic acid groups (broad SMARTS) is 1. The number of aromatic nitrogens is 3. The van der Waals surface area contributed by atoms with Crippen LogP contribution in [-0.2, 0) is 12.0 Å². The summed E-state index contributed by atoms with van der Waals surface area (Å²) in [7, 11) is 0. The van der Waals surface area contributed by atoms with Crippen molar-refractivity contribution in [1.29, 1.82) is 0 Å². The summed E-state index contributed by atoms with van der Waals surface area (Å²) in [5.41, 5.74) is 1.48. The molecular formula is C18H19N3O4. The van der Waals surface area contributed by atoms with Crippen LogP contribution in [0.1, 0.15) is 42.4 Å². The lowest BCUT2D eigenvalue weighted by Gasteiger charge is -2.19. The molecular weight excluding hydrogens is 322 g/mol. The lowest BCUT2D eigenvalue weighted by molar-refractivity contribution is 0.0691. The first kappa shape index (κ1) is 16.8. The number of H-pyrrole nitrogens is 1. The average Bonchev–Trinajstić information content (AvgIpc) is 2.86. The second-order valence-corrected chi connectivity index (χ2v) is 7.00. The molecule has 0 saturated heterocycles. The van der Waals surface area contributed by atoms with Crippen LogP contribution in [-0.4, -0.2) is 30.9 Å². The molecule has 7 heteroatoms. The third kappa shape index (κ3) is 3.13. The number of fused-ring (bicyclic) bond motifs is 1. The van der Waals surface area contributed by atoms with E-state index in [-0.39, 0.29) is 28.7 Å². The van der Waals surface area contributed by atoms with Crippen LogP contribution in [0.25, 0.3) is 11.0 Å². The summed E-state index contributed by atoms with van der Waals surface area (Å²) in [4.78, 5) is 25.6. The Hall–Kier alpha value is -3.09. The number of nitrogens with zero attached hydrogens (tertiary/aromatic N) is 2. The van der Waals surface area contributed by atoms with E-state index in [1.165, 1.54) is 10.2 Å². The van der Waals surface area contributed by atoms with Crippen molar-refractivity contribution < 1.29 is 15.0 Å². The summed E-state index contributed by atoms with van der Waals surface area (Å²) in [5.74, 6) is -1.67. The molecule has 2 heterocycles. The standard InChI is InChI=1S/C18H19N3O4/c1-18(2,3)11-6-4-10(5-7-11)9-21-16-14(15(20-21)17(24)25)12(22)8-13(23)19-16/h4-8H,9H2,1-3H3,(H,24,25)(H2,19,22,23). The Balaban J connectivity index is 2.07. The molecule has 2 aromatic heterocycles. The van der Waals surface area contributed by atoms with Crippen LogP contribution in [0.5, 0.6) is 5.75 Å². The highest BCUT2D eigenvalue weighted by Crippen LogP contribution is 2.26. The van der Waals surface area contributed by atoms with Gasteiger partial charge in [-0.3, -0.25) is 4.79 Å². The van der Waals surface area contributed by atoms with E-state index < -0.39 is 17.3 Å². The van der Waals surface area contributed by atoms with Crippen LogP contribution < -0.4 is 5.56 Å². The van der Waals surface area contributed by atoms with E-state index in [4.69, 9.17) is 0 Å². The summed E-state index contributed by atoms with van der Waals surface area (Å²) in [6.07, 6.45) is 0. The summed E-state index contributed by atoms with van der Waals surface area (Å²) < 4.78 is 1.38. The van der Waals surface area contributed by atoms with E-state index in [2.05, 4.69) is 30.9 Å². The monoisotopic (exact) mass is 341 g/mol. The minimum absolute atomic E-state index is 0.0263. The van der Waals surface area contributed by atoms with E-state index in [1.807, 2.05) is 24.3 Å². The maximum absolute atomic E-state index is 11.6. The zero-order valence-corrected chi connectivity index (χ0v) is 14.2. The highest BCUT2D eigenvalue weighted by Gasteiger charge is 2.21. The lowest BCUT2D eigenvalue weighted by atomic mass is 9.87. The van der Waals surface area contributed by atoms with Crippen molar-refractivity contribution in [3.05, 3.63) is 57.5 Å². The van der Waals surface area contributed by atoms with Crippen molar-refractivity contribution in [2.24, 2.45) is 0 Å². The molecule has 0 atom stereocenters. The van der Waals surface area contributed by atoms with Crippen molar-refractivity contribution in [2.75, 3.05) is 0 Å². The number of pyridine rings is 1. The maximum atomic E-state index is 11.6. The topological polar surface area (TPSA) is 108 Å². The third-order valence-electron chi connectivity index (χ3n) is 4.07. The predicted molar refractivity (Wildman–Crippen MR) is 93.2 cm³/mol. The van der Waals surface area contributed by atoms with Gasteiger partial charge in [-0.15, -0.1) is 0 Å². The molecule has 0 amide bonds. The van der Waals surface area contributed by atoms with E-state index >= 15 is 0 Å². The van der Waals surface area contributed by atoms with Gasteiger partial charge in [0, 0.05) is 6.07 Å². The Labute approximate surface area is 143 Å². The van der Waals surface area contributed by atoms with Gasteiger partial charge in [-0.25, -0.2) is 9.48 Å². The first-order chi connectivity index (χ1) is 11.7. The van der Waals surface area contributed by atoms with E-state index in [1.54, 1.807) is 0 Å². The van der Waals surface area contributed by atoms with Crippen LogP contribution in [0.15, 0.2) is 35.1 Å². The number of carboxylic acids is 1. The Morgan fingerprint density at radius 3 is 2.44 bits per heavy atom. The maximum Gasteiger partial charge on any atom is 0.357 e. The highest BCUT2D eigenvalue weighted by atomic mass is 16.4. The summed E-state index contributed by atoms with van der Waals surface area (Å²) in [5, 5.41) is 23.3. The van der Waals surface area contributed by atoms with Crippen molar-refractivity contribution >= 4 is 17.0 Å². The second kappa shape index (κ2) is 5.77. The van der Waals surface area contributed by atoms with Gasteiger partial charge in [0.15, 0.2) is 5.69 Å². The summed E-state index contributed by atoms with van der Waals surface area (Å²) >= 11 is 0. The van der Waals surface area contributed by atoms with Crippen molar-refractivity contribution in [2.45, 2.75) is 32.7 Å². The van der Waals surface area contributed by atoms with Gasteiger partial charge in [0.25, 0.3) is 5.56 Å². The molecule has 0 spiro atoms. The molecule has 130 valence electrons. The molecule has 3 N–H and O–H groups in total. The Bertz CT molecular complexity index is 1010. The summed E-state index contributed by atoms with van der Waals surface area (Å²) in [6, 6.07) is 8.85.